The highest BCUT2D eigenvalue weighted by Gasteiger charge is 2.01. The monoisotopic (exact) mass is 498 g/mol. The summed E-state index contributed by atoms with van der Waals surface area (Å²) in [6, 6.07) is 8.27. The molecule has 0 bridgehead atoms. The Morgan fingerprint density at radius 1 is 1.22 bits per heavy atom. The second-order valence-corrected chi connectivity index (χ2v) is 6.04. The summed E-state index contributed by atoms with van der Waals surface area (Å²) in [6.07, 6.45) is 1.06. The lowest BCUT2D eigenvalue weighted by Crippen LogP contribution is -2.40. The van der Waals surface area contributed by atoms with Crippen molar-refractivity contribution in [1.82, 2.24) is 15.5 Å². The Morgan fingerprint density at radius 2 is 1.91 bits per heavy atom. The van der Waals surface area contributed by atoms with Crippen LogP contribution >= 0.6 is 39.9 Å². The molecule has 0 atom stereocenters. The van der Waals surface area contributed by atoms with E-state index in [0.717, 1.165) is 49.6 Å². The van der Waals surface area contributed by atoms with E-state index < -0.39 is 0 Å². The number of nitrogens with one attached hydrogen (secondary N) is 2. The lowest BCUT2D eigenvalue weighted by molar-refractivity contribution is 0.180. The summed E-state index contributed by atoms with van der Waals surface area (Å²) in [4.78, 5) is 6.53. The highest BCUT2D eigenvalue weighted by Crippen LogP contribution is 2.10. The molecular weight excluding hydrogens is 471 g/mol. The van der Waals surface area contributed by atoms with Crippen molar-refractivity contribution in [2.24, 2.45) is 4.99 Å². The minimum atomic E-state index is 0. The Balaban J connectivity index is 0.00000484. The van der Waals surface area contributed by atoms with E-state index in [1.807, 2.05) is 12.1 Å². The molecule has 0 spiro atoms. The van der Waals surface area contributed by atoms with Crippen molar-refractivity contribution in [1.29, 1.82) is 0 Å². The van der Waals surface area contributed by atoms with Crippen LogP contribution in [0, 0.1) is 0 Å². The normalized spacial score (nSPS) is 11.3. The molecule has 0 unspecified atom stereocenters. The van der Waals surface area contributed by atoms with Crippen LogP contribution in [0.5, 0.6) is 0 Å². The number of aliphatic imine (C=N–C) groups is 1. The molecule has 1 rings (SSSR count). The molecule has 0 saturated heterocycles. The van der Waals surface area contributed by atoms with Crippen LogP contribution in [0.3, 0.4) is 0 Å². The number of hydrogen-bond donors (Lipinski definition) is 2. The van der Waals surface area contributed by atoms with Gasteiger partial charge in [0, 0.05) is 51.4 Å². The summed E-state index contributed by atoms with van der Waals surface area (Å²) in [5.74, 6) is 0.827. The zero-order valence-corrected chi connectivity index (χ0v) is 18.1. The average Bonchev–Trinajstić information content (AvgIpc) is 2.52. The second kappa shape index (κ2) is 14.0. The topological polar surface area (TPSA) is 48.9 Å². The van der Waals surface area contributed by atoms with Gasteiger partial charge in [0.1, 0.15) is 0 Å². The molecule has 132 valence electrons. The molecule has 1 aromatic rings. The molecule has 0 heterocycles. The maximum atomic E-state index is 5.06. The largest absolute Gasteiger partial charge is 0.385 e. The number of methoxy groups -OCH3 is 1. The van der Waals surface area contributed by atoms with Crippen molar-refractivity contribution in [3.63, 3.8) is 0 Å². The first-order valence-corrected chi connectivity index (χ1v) is 8.31. The number of nitrogens with zero attached hydrogens (tertiary/aromatic N) is 2. The van der Waals surface area contributed by atoms with Gasteiger partial charge >= 0.3 is 0 Å². The minimum Gasteiger partial charge on any atom is -0.385 e. The molecule has 23 heavy (non-hydrogen) atoms. The summed E-state index contributed by atoms with van der Waals surface area (Å²) in [7, 11) is 5.65. The predicted molar refractivity (Wildman–Crippen MR) is 112 cm³/mol. The van der Waals surface area contributed by atoms with Crippen LogP contribution in [-0.4, -0.2) is 58.3 Å². The van der Waals surface area contributed by atoms with Gasteiger partial charge < -0.3 is 20.3 Å². The summed E-state index contributed by atoms with van der Waals surface area (Å²) in [6.45, 7) is 4.46. The Morgan fingerprint density at radius 3 is 2.52 bits per heavy atom. The van der Waals surface area contributed by atoms with E-state index in [2.05, 4.69) is 55.6 Å². The number of rotatable bonds is 9. The van der Waals surface area contributed by atoms with E-state index >= 15 is 0 Å². The van der Waals surface area contributed by atoms with Crippen molar-refractivity contribution in [2.75, 3.05) is 47.4 Å². The van der Waals surface area contributed by atoms with Crippen LogP contribution < -0.4 is 10.6 Å². The first kappa shape index (κ1) is 22.6. The van der Waals surface area contributed by atoms with E-state index in [9.17, 15) is 0 Å². The molecular formula is C16H28BrIN4O. The number of guanidine groups is 1. The number of halogens is 2. The van der Waals surface area contributed by atoms with Gasteiger partial charge in [0.05, 0.1) is 0 Å². The Labute approximate surface area is 165 Å². The third-order valence-electron chi connectivity index (χ3n) is 3.27. The lowest BCUT2D eigenvalue weighted by Gasteiger charge is -2.18. The van der Waals surface area contributed by atoms with Gasteiger partial charge in [-0.1, -0.05) is 28.1 Å². The van der Waals surface area contributed by atoms with Crippen molar-refractivity contribution in [3.8, 4) is 0 Å². The second-order valence-electron chi connectivity index (χ2n) is 5.13. The van der Waals surface area contributed by atoms with Crippen LogP contribution in [-0.2, 0) is 11.3 Å². The molecule has 0 aliphatic heterocycles. The predicted octanol–water partition coefficient (Wildman–Crippen LogP) is 2.70. The lowest BCUT2D eigenvalue weighted by atomic mass is 10.2. The van der Waals surface area contributed by atoms with Gasteiger partial charge in [-0.05, 0) is 31.2 Å². The van der Waals surface area contributed by atoms with Crippen LogP contribution in [0.15, 0.2) is 33.7 Å². The summed E-state index contributed by atoms with van der Waals surface area (Å²) < 4.78 is 6.15. The molecule has 1 aromatic carbocycles. The number of likely N-dealkylation sites (N-methyl/N-ethyl adjacent to an activating group) is 1. The zero-order chi connectivity index (χ0) is 16.2. The van der Waals surface area contributed by atoms with Crippen molar-refractivity contribution in [2.45, 2.75) is 13.0 Å². The Bertz CT molecular complexity index is 442. The maximum Gasteiger partial charge on any atom is 0.191 e. The summed E-state index contributed by atoms with van der Waals surface area (Å²) in [5.41, 5.74) is 1.22. The zero-order valence-electron chi connectivity index (χ0n) is 14.1. The van der Waals surface area contributed by atoms with Crippen LogP contribution in [0.4, 0.5) is 0 Å². The van der Waals surface area contributed by atoms with Gasteiger partial charge in [-0.2, -0.15) is 0 Å². The van der Waals surface area contributed by atoms with Crippen LogP contribution in [0.2, 0.25) is 0 Å². The molecule has 0 aliphatic carbocycles. The Kier molecular flexibility index (Phi) is 13.8. The number of benzene rings is 1. The van der Waals surface area contributed by atoms with Gasteiger partial charge in [0.15, 0.2) is 5.96 Å². The van der Waals surface area contributed by atoms with Gasteiger partial charge in [0.2, 0.25) is 0 Å². The highest BCUT2D eigenvalue weighted by molar-refractivity contribution is 14.0. The van der Waals surface area contributed by atoms with Crippen molar-refractivity contribution < 1.29 is 4.74 Å². The third kappa shape index (κ3) is 10.9. The van der Waals surface area contributed by atoms with Crippen molar-refractivity contribution in [3.05, 3.63) is 34.3 Å². The average molecular weight is 499 g/mol. The molecule has 0 radical (unpaired) electrons. The van der Waals surface area contributed by atoms with Crippen LogP contribution in [0.1, 0.15) is 12.0 Å². The number of ether oxygens (including phenoxy) is 1. The van der Waals surface area contributed by atoms with Crippen LogP contribution in [0.25, 0.3) is 0 Å². The molecule has 5 nitrogen and oxygen atoms in total. The molecule has 0 saturated carbocycles. The molecule has 0 fully saturated rings. The minimum absolute atomic E-state index is 0. The van der Waals surface area contributed by atoms with Crippen molar-refractivity contribution >= 4 is 45.9 Å². The fourth-order valence-corrected chi connectivity index (χ4v) is 2.23. The third-order valence-corrected chi connectivity index (χ3v) is 3.80. The Hall–Kier alpha value is -0.380. The van der Waals surface area contributed by atoms with E-state index in [4.69, 9.17) is 4.74 Å². The van der Waals surface area contributed by atoms with E-state index in [-0.39, 0.29) is 24.0 Å². The highest BCUT2D eigenvalue weighted by atomic mass is 127. The van der Waals surface area contributed by atoms with E-state index in [1.54, 1.807) is 14.2 Å². The molecule has 0 aromatic heterocycles. The fourth-order valence-electron chi connectivity index (χ4n) is 1.96. The SMILES string of the molecule is CN=C(NCCN(C)CCCOC)NCc1ccc(Br)cc1.I. The smallest absolute Gasteiger partial charge is 0.191 e. The maximum absolute atomic E-state index is 5.06. The molecule has 7 heteroatoms. The first-order chi connectivity index (χ1) is 10.7. The first-order valence-electron chi connectivity index (χ1n) is 7.52. The molecule has 0 amide bonds. The van der Waals surface area contributed by atoms with Gasteiger partial charge in [0.25, 0.3) is 0 Å². The molecule has 2 N–H and O–H groups in total. The summed E-state index contributed by atoms with van der Waals surface area (Å²) in [5, 5.41) is 6.65. The van der Waals surface area contributed by atoms with Gasteiger partial charge in [-0.15, -0.1) is 24.0 Å². The number of hydrogen-bond acceptors (Lipinski definition) is 3. The van der Waals surface area contributed by atoms with E-state index in [0.29, 0.717) is 0 Å². The molecule has 0 aliphatic rings. The van der Waals surface area contributed by atoms with E-state index in [1.165, 1.54) is 5.56 Å². The fraction of sp³-hybridized carbons (Fsp3) is 0.562. The quantitative estimate of drug-likeness (QED) is 0.238. The standard InChI is InChI=1S/C16H27BrN4O.HI/c1-18-16(19-9-11-21(2)10-4-12-22-3)20-13-14-5-7-15(17)8-6-14;/h5-8H,4,9-13H2,1-3H3,(H2,18,19,20);1H. The van der Waals surface area contributed by atoms with Gasteiger partial charge in [-0.25, -0.2) is 0 Å². The summed E-state index contributed by atoms with van der Waals surface area (Å²) >= 11 is 3.44. The van der Waals surface area contributed by atoms with Gasteiger partial charge in [-0.3, -0.25) is 4.99 Å².